The Labute approximate surface area is 89.9 Å². The van der Waals surface area contributed by atoms with Crippen molar-refractivity contribution in [3.8, 4) is 17.3 Å². The number of rotatable bonds is 1. The number of hydrogen-bond acceptors (Lipinski definition) is 4. The van der Waals surface area contributed by atoms with Gasteiger partial charge >= 0.3 is 0 Å². The normalized spacial score (nSPS) is 9.71. The van der Waals surface area contributed by atoms with Gasteiger partial charge in [-0.1, -0.05) is 23.7 Å². The third kappa shape index (κ3) is 1.60. The van der Waals surface area contributed by atoms with Crippen LogP contribution in [-0.2, 0) is 0 Å². The second-order valence-electron chi connectivity index (χ2n) is 2.58. The molecule has 0 saturated carbocycles. The van der Waals surface area contributed by atoms with Gasteiger partial charge in [-0.25, -0.2) is 0 Å². The number of benzene rings is 1. The zero-order valence-corrected chi connectivity index (χ0v) is 8.51. The van der Waals surface area contributed by atoms with Gasteiger partial charge in [0.15, 0.2) is 5.69 Å². The first-order valence-corrected chi connectivity index (χ1v) is 4.90. The van der Waals surface area contributed by atoms with E-state index >= 15 is 0 Å². The summed E-state index contributed by atoms with van der Waals surface area (Å²) >= 11 is 6.78. The highest BCUT2D eigenvalue weighted by Gasteiger charge is 2.08. The fourth-order valence-corrected chi connectivity index (χ4v) is 1.71. The van der Waals surface area contributed by atoms with E-state index in [1.54, 1.807) is 12.1 Å². The number of hydrogen-bond donors (Lipinski definition) is 0. The van der Waals surface area contributed by atoms with Gasteiger partial charge in [-0.3, -0.25) is 0 Å². The first-order valence-electron chi connectivity index (χ1n) is 3.80. The third-order valence-electron chi connectivity index (χ3n) is 1.71. The average Bonchev–Trinajstić information content (AvgIpc) is 2.67. The van der Waals surface area contributed by atoms with E-state index in [1.165, 1.54) is 0 Å². The summed E-state index contributed by atoms with van der Waals surface area (Å²) in [6.07, 6.45) is 0. The average molecular weight is 222 g/mol. The summed E-state index contributed by atoms with van der Waals surface area (Å²) in [4.78, 5) is 0. The molecule has 0 bridgehead atoms. The van der Waals surface area contributed by atoms with Crippen molar-refractivity contribution < 1.29 is 0 Å². The maximum Gasteiger partial charge on any atom is 0.182 e. The molecule has 0 spiro atoms. The largest absolute Gasteiger partial charge is 0.191 e. The van der Waals surface area contributed by atoms with Crippen LogP contribution in [0.5, 0.6) is 0 Å². The lowest BCUT2D eigenvalue weighted by Gasteiger charge is -1.95. The predicted molar refractivity (Wildman–Crippen MR) is 55.1 cm³/mol. The van der Waals surface area contributed by atoms with Gasteiger partial charge in [0.1, 0.15) is 11.8 Å². The highest BCUT2D eigenvalue weighted by molar-refractivity contribution is 6.99. The van der Waals surface area contributed by atoms with Gasteiger partial charge in [-0.05, 0) is 12.1 Å². The summed E-state index contributed by atoms with van der Waals surface area (Å²) < 4.78 is 7.92. The first kappa shape index (κ1) is 9.13. The van der Waals surface area contributed by atoms with Crippen molar-refractivity contribution in [2.45, 2.75) is 0 Å². The van der Waals surface area contributed by atoms with Crippen molar-refractivity contribution in [1.29, 1.82) is 5.26 Å². The Morgan fingerprint density at radius 3 is 2.57 bits per heavy atom. The second-order valence-corrected chi connectivity index (χ2v) is 3.55. The van der Waals surface area contributed by atoms with Crippen molar-refractivity contribution in [3.05, 3.63) is 35.0 Å². The zero-order chi connectivity index (χ0) is 9.97. The Morgan fingerprint density at radius 1 is 1.21 bits per heavy atom. The predicted octanol–water partition coefficient (Wildman–Crippen LogP) is 2.73. The highest BCUT2D eigenvalue weighted by Crippen LogP contribution is 2.22. The molecule has 5 heteroatoms. The zero-order valence-electron chi connectivity index (χ0n) is 6.94. The Balaban J connectivity index is 2.50. The van der Waals surface area contributed by atoms with Gasteiger partial charge in [0.05, 0.1) is 11.7 Å². The lowest BCUT2D eigenvalue weighted by Crippen LogP contribution is -1.81. The molecule has 0 unspecified atom stereocenters. The van der Waals surface area contributed by atoms with Crippen molar-refractivity contribution >= 4 is 23.3 Å². The van der Waals surface area contributed by atoms with Gasteiger partial charge in [0, 0.05) is 10.6 Å². The van der Waals surface area contributed by atoms with Crippen molar-refractivity contribution in [1.82, 2.24) is 8.75 Å². The topological polar surface area (TPSA) is 49.6 Å². The van der Waals surface area contributed by atoms with Crippen LogP contribution in [0.1, 0.15) is 5.69 Å². The van der Waals surface area contributed by atoms with Gasteiger partial charge in [-0.15, -0.1) is 0 Å². The van der Waals surface area contributed by atoms with E-state index in [-0.39, 0.29) is 0 Å². The lowest BCUT2D eigenvalue weighted by molar-refractivity contribution is 1.39. The molecule has 0 atom stereocenters. The van der Waals surface area contributed by atoms with Crippen LogP contribution in [0.15, 0.2) is 24.3 Å². The van der Waals surface area contributed by atoms with Gasteiger partial charge in [-0.2, -0.15) is 14.0 Å². The van der Waals surface area contributed by atoms with E-state index < -0.39 is 0 Å². The lowest BCUT2D eigenvalue weighted by atomic mass is 10.1. The summed E-state index contributed by atoms with van der Waals surface area (Å²) in [5.74, 6) is 0. The molecule has 68 valence electrons. The number of nitriles is 1. The molecule has 2 rings (SSSR count). The van der Waals surface area contributed by atoms with Crippen molar-refractivity contribution in [2.24, 2.45) is 0 Å². The van der Waals surface area contributed by atoms with E-state index in [0.717, 1.165) is 17.3 Å². The molecule has 0 aliphatic carbocycles. The standard InChI is InChI=1S/C9H4ClN3S/c10-7-3-1-6(2-4-7)9-8(5-11)12-14-13-9/h1-4H. The van der Waals surface area contributed by atoms with Crippen LogP contribution < -0.4 is 0 Å². The molecule has 0 N–H and O–H groups in total. The first-order chi connectivity index (χ1) is 6.81. The Hall–Kier alpha value is -1.44. The van der Waals surface area contributed by atoms with Gasteiger partial charge < -0.3 is 0 Å². The quantitative estimate of drug-likeness (QED) is 0.744. The molecule has 0 amide bonds. The van der Waals surface area contributed by atoms with Crippen molar-refractivity contribution in [2.75, 3.05) is 0 Å². The maximum atomic E-state index is 8.75. The van der Waals surface area contributed by atoms with E-state index in [1.807, 2.05) is 18.2 Å². The fourth-order valence-electron chi connectivity index (χ4n) is 1.06. The SMILES string of the molecule is N#Cc1nsnc1-c1ccc(Cl)cc1. The molecule has 0 radical (unpaired) electrons. The van der Waals surface area contributed by atoms with E-state index in [9.17, 15) is 0 Å². The van der Waals surface area contributed by atoms with E-state index in [2.05, 4.69) is 8.75 Å². The second kappa shape index (κ2) is 3.74. The van der Waals surface area contributed by atoms with E-state index in [0.29, 0.717) is 16.4 Å². The van der Waals surface area contributed by atoms with Crippen LogP contribution in [0.25, 0.3) is 11.3 Å². The summed E-state index contributed by atoms with van der Waals surface area (Å²) in [6.45, 7) is 0. The highest BCUT2D eigenvalue weighted by atomic mass is 35.5. The van der Waals surface area contributed by atoms with Crippen LogP contribution in [0.3, 0.4) is 0 Å². The molecule has 1 aromatic carbocycles. The molecular weight excluding hydrogens is 218 g/mol. The molecule has 0 saturated heterocycles. The molecular formula is C9H4ClN3S. The Bertz CT molecular complexity index is 484. The minimum atomic E-state index is 0.359. The smallest absolute Gasteiger partial charge is 0.182 e. The molecule has 2 aromatic rings. The van der Waals surface area contributed by atoms with Gasteiger partial charge in [0.25, 0.3) is 0 Å². The molecule has 3 nitrogen and oxygen atoms in total. The molecule has 1 aromatic heterocycles. The minimum Gasteiger partial charge on any atom is -0.191 e. The Morgan fingerprint density at radius 2 is 1.93 bits per heavy atom. The van der Waals surface area contributed by atoms with Crippen molar-refractivity contribution in [3.63, 3.8) is 0 Å². The number of halogens is 1. The van der Waals surface area contributed by atoms with E-state index in [4.69, 9.17) is 16.9 Å². The summed E-state index contributed by atoms with van der Waals surface area (Å²) in [5, 5.41) is 9.41. The van der Waals surface area contributed by atoms with Crippen LogP contribution in [0, 0.1) is 11.3 Å². The third-order valence-corrected chi connectivity index (χ3v) is 2.49. The summed E-state index contributed by atoms with van der Waals surface area (Å²) in [7, 11) is 0. The van der Waals surface area contributed by atoms with Crippen LogP contribution in [0.2, 0.25) is 5.02 Å². The van der Waals surface area contributed by atoms with Crippen LogP contribution in [0.4, 0.5) is 0 Å². The Kier molecular flexibility index (Phi) is 2.44. The fraction of sp³-hybridized carbons (Fsp3) is 0. The molecule has 0 fully saturated rings. The number of nitrogens with zero attached hydrogens (tertiary/aromatic N) is 3. The minimum absolute atomic E-state index is 0.359. The molecule has 0 aliphatic heterocycles. The summed E-state index contributed by atoms with van der Waals surface area (Å²) in [5.41, 5.74) is 1.84. The molecule has 0 aliphatic rings. The molecule has 1 heterocycles. The van der Waals surface area contributed by atoms with Crippen LogP contribution >= 0.6 is 23.3 Å². The summed E-state index contributed by atoms with van der Waals surface area (Å²) in [6, 6.07) is 9.15. The number of aromatic nitrogens is 2. The molecule has 14 heavy (non-hydrogen) atoms. The van der Waals surface area contributed by atoms with Crippen LogP contribution in [-0.4, -0.2) is 8.75 Å². The maximum absolute atomic E-state index is 8.75. The monoisotopic (exact) mass is 221 g/mol. The van der Waals surface area contributed by atoms with Gasteiger partial charge in [0.2, 0.25) is 0 Å².